The smallest absolute Gasteiger partial charge is 0.339 e. The highest BCUT2D eigenvalue weighted by molar-refractivity contribution is 6.15. The van der Waals surface area contributed by atoms with Gasteiger partial charge in [0.2, 0.25) is 5.88 Å². The summed E-state index contributed by atoms with van der Waals surface area (Å²) in [7, 11) is 3.27. The predicted octanol–water partition coefficient (Wildman–Crippen LogP) is 3.74. The maximum absolute atomic E-state index is 11.5. The third-order valence-electron chi connectivity index (χ3n) is 4.08. The van der Waals surface area contributed by atoms with Crippen LogP contribution in [0.25, 0.3) is 16.8 Å². The lowest BCUT2D eigenvalue weighted by Gasteiger charge is -2.10. The Balaban J connectivity index is 1.82. The van der Waals surface area contributed by atoms with E-state index in [-0.39, 0.29) is 12.2 Å². The molecule has 0 spiro atoms. The van der Waals surface area contributed by atoms with Gasteiger partial charge < -0.3 is 14.6 Å². The first-order chi connectivity index (χ1) is 13.1. The molecule has 0 aliphatic heterocycles. The normalized spacial score (nSPS) is 11.3. The second kappa shape index (κ2) is 8.23. The van der Waals surface area contributed by atoms with Gasteiger partial charge in [-0.05, 0) is 16.7 Å². The number of hydrogen-bond donors (Lipinski definition) is 1. The first kappa shape index (κ1) is 18.3. The Morgan fingerprint density at radius 1 is 1.15 bits per heavy atom. The van der Waals surface area contributed by atoms with Crippen LogP contribution in [-0.4, -0.2) is 28.0 Å². The van der Waals surface area contributed by atoms with E-state index in [0.29, 0.717) is 11.4 Å². The fourth-order valence-corrected chi connectivity index (χ4v) is 2.80. The van der Waals surface area contributed by atoms with E-state index in [4.69, 9.17) is 9.47 Å². The van der Waals surface area contributed by atoms with Crippen molar-refractivity contribution >= 4 is 11.5 Å². The Kier molecular flexibility index (Phi) is 5.56. The van der Waals surface area contributed by atoms with Crippen molar-refractivity contribution in [3.63, 3.8) is 0 Å². The third kappa shape index (κ3) is 4.17. The fourth-order valence-electron chi connectivity index (χ4n) is 2.80. The van der Waals surface area contributed by atoms with Crippen molar-refractivity contribution in [2.75, 3.05) is 7.11 Å². The Morgan fingerprint density at radius 2 is 1.85 bits per heavy atom. The van der Waals surface area contributed by atoms with E-state index < -0.39 is 5.97 Å². The highest BCUT2D eigenvalue weighted by atomic mass is 16.5. The first-order valence-electron chi connectivity index (χ1n) is 8.37. The lowest BCUT2D eigenvalue weighted by molar-refractivity contribution is -0.130. The Morgan fingerprint density at radius 3 is 2.56 bits per heavy atom. The average Bonchev–Trinajstić information content (AvgIpc) is 3.06. The molecular weight excluding hydrogens is 344 g/mol. The van der Waals surface area contributed by atoms with Crippen LogP contribution >= 0.6 is 0 Å². The molecule has 0 saturated heterocycles. The number of hydrogen-bond acceptors (Lipinski definition) is 4. The van der Waals surface area contributed by atoms with Crippen LogP contribution in [0.4, 0.5) is 0 Å². The third-order valence-corrected chi connectivity index (χ3v) is 4.08. The van der Waals surface area contributed by atoms with E-state index in [1.54, 1.807) is 16.8 Å². The van der Waals surface area contributed by atoms with Gasteiger partial charge in [-0.3, -0.25) is 4.68 Å². The largest absolute Gasteiger partial charge is 0.503 e. The summed E-state index contributed by atoms with van der Waals surface area (Å²) in [5.41, 5.74) is 3.33. The van der Waals surface area contributed by atoms with E-state index >= 15 is 0 Å². The molecule has 0 amide bonds. The highest BCUT2D eigenvalue weighted by Gasteiger charge is 2.16. The van der Waals surface area contributed by atoms with Crippen LogP contribution in [0.5, 0.6) is 5.88 Å². The van der Waals surface area contributed by atoms with E-state index in [9.17, 15) is 9.90 Å². The molecule has 0 aliphatic rings. The number of carbonyl (C=O) groups is 1. The minimum Gasteiger partial charge on any atom is -0.503 e. The van der Waals surface area contributed by atoms with Crippen molar-refractivity contribution < 1.29 is 19.4 Å². The Labute approximate surface area is 157 Å². The summed E-state index contributed by atoms with van der Waals surface area (Å²) in [5, 5.41) is 13.8. The maximum Gasteiger partial charge on any atom is 0.339 e. The molecule has 1 aromatic heterocycles. The number of carboxylic acids is 1. The number of benzene rings is 2. The number of aryl methyl sites for hydroxylation is 1. The molecule has 2 aromatic carbocycles. The van der Waals surface area contributed by atoms with Crippen LogP contribution in [0.1, 0.15) is 11.1 Å². The van der Waals surface area contributed by atoms with Crippen LogP contribution in [0.3, 0.4) is 0 Å². The van der Waals surface area contributed by atoms with Crippen LogP contribution in [0.2, 0.25) is 0 Å². The van der Waals surface area contributed by atoms with E-state index in [1.165, 1.54) is 13.4 Å². The molecule has 6 nitrogen and oxygen atoms in total. The summed E-state index contributed by atoms with van der Waals surface area (Å²) >= 11 is 0. The SMILES string of the molecule is CO/C=C(/C(=O)O)c1ccccc1COc1cc(-c2ccccc2)n(C)n1. The predicted molar refractivity (Wildman–Crippen MR) is 102 cm³/mol. The molecular formula is C21H20N2O4. The van der Waals surface area contributed by atoms with Gasteiger partial charge in [-0.2, -0.15) is 0 Å². The summed E-state index contributed by atoms with van der Waals surface area (Å²) in [6.07, 6.45) is 1.22. The Bertz CT molecular complexity index is 961. The molecule has 3 rings (SSSR count). The van der Waals surface area contributed by atoms with Crippen LogP contribution < -0.4 is 4.74 Å². The summed E-state index contributed by atoms with van der Waals surface area (Å²) in [6.45, 7) is 0.190. The zero-order valence-corrected chi connectivity index (χ0v) is 15.1. The lowest BCUT2D eigenvalue weighted by Crippen LogP contribution is -2.06. The van der Waals surface area contributed by atoms with Crippen molar-refractivity contribution in [1.29, 1.82) is 0 Å². The van der Waals surface area contributed by atoms with Crippen molar-refractivity contribution in [2.45, 2.75) is 6.61 Å². The zero-order chi connectivity index (χ0) is 19.2. The molecule has 6 heteroatoms. The molecule has 0 unspecified atom stereocenters. The second-order valence-electron chi connectivity index (χ2n) is 5.88. The van der Waals surface area contributed by atoms with E-state index in [2.05, 4.69) is 5.10 Å². The molecule has 1 heterocycles. The lowest BCUT2D eigenvalue weighted by atomic mass is 10.0. The molecule has 0 fully saturated rings. The maximum atomic E-state index is 11.5. The van der Waals surface area contributed by atoms with E-state index in [1.807, 2.05) is 55.6 Å². The first-order valence-corrected chi connectivity index (χ1v) is 8.37. The number of carboxylic acid groups (broad SMARTS) is 1. The summed E-state index contributed by atoms with van der Waals surface area (Å²) in [6, 6.07) is 18.9. The van der Waals surface area contributed by atoms with Crippen LogP contribution in [-0.2, 0) is 23.2 Å². The molecule has 0 saturated carbocycles. The number of rotatable bonds is 7. The minimum absolute atomic E-state index is 0.0719. The van der Waals surface area contributed by atoms with Gasteiger partial charge in [-0.1, -0.05) is 54.6 Å². The number of nitrogens with zero attached hydrogens (tertiary/aromatic N) is 2. The molecule has 0 atom stereocenters. The standard InChI is InChI=1S/C21H20N2O4/c1-23-19(15-8-4-3-5-9-15)12-20(22-23)27-13-16-10-6-7-11-17(16)18(14-26-2)21(24)25/h3-12,14H,13H2,1-2H3,(H,24,25)/b18-14+. The molecule has 0 bridgehead atoms. The Hall–Kier alpha value is -3.54. The van der Waals surface area contributed by atoms with Gasteiger partial charge >= 0.3 is 5.97 Å². The van der Waals surface area contributed by atoms with Gasteiger partial charge in [0.05, 0.1) is 19.1 Å². The number of aromatic nitrogens is 2. The van der Waals surface area contributed by atoms with Gasteiger partial charge in [-0.15, -0.1) is 5.10 Å². The van der Waals surface area contributed by atoms with Gasteiger partial charge in [0.25, 0.3) is 0 Å². The van der Waals surface area contributed by atoms with Crippen molar-refractivity contribution in [3.8, 4) is 17.1 Å². The van der Waals surface area contributed by atoms with Gasteiger partial charge in [0.1, 0.15) is 12.2 Å². The molecule has 0 aliphatic carbocycles. The van der Waals surface area contributed by atoms with Crippen LogP contribution in [0, 0.1) is 0 Å². The topological polar surface area (TPSA) is 73.6 Å². The molecule has 0 radical (unpaired) electrons. The van der Waals surface area contributed by atoms with Gasteiger partial charge in [0.15, 0.2) is 0 Å². The zero-order valence-electron chi connectivity index (χ0n) is 15.1. The number of aliphatic carboxylic acids is 1. The van der Waals surface area contributed by atoms with Gasteiger partial charge in [-0.25, -0.2) is 4.79 Å². The number of methoxy groups -OCH3 is 1. The monoisotopic (exact) mass is 364 g/mol. The molecule has 138 valence electrons. The molecule has 1 N–H and O–H groups in total. The summed E-state index contributed by atoms with van der Waals surface area (Å²) in [5.74, 6) is -0.591. The second-order valence-corrected chi connectivity index (χ2v) is 5.88. The van der Waals surface area contributed by atoms with Crippen molar-refractivity contribution in [3.05, 3.63) is 78.1 Å². The van der Waals surface area contributed by atoms with Gasteiger partial charge in [0, 0.05) is 13.1 Å². The van der Waals surface area contributed by atoms with Crippen LogP contribution in [0.15, 0.2) is 66.9 Å². The molecule has 3 aromatic rings. The summed E-state index contributed by atoms with van der Waals surface area (Å²) in [4.78, 5) is 11.5. The van der Waals surface area contributed by atoms with Crippen molar-refractivity contribution in [1.82, 2.24) is 9.78 Å². The number of ether oxygens (including phenoxy) is 2. The quantitative estimate of drug-likeness (QED) is 0.511. The minimum atomic E-state index is -1.06. The fraction of sp³-hybridized carbons (Fsp3) is 0.143. The van der Waals surface area contributed by atoms with Crippen molar-refractivity contribution in [2.24, 2.45) is 7.05 Å². The average molecular weight is 364 g/mol. The highest BCUT2D eigenvalue weighted by Crippen LogP contribution is 2.25. The molecule has 27 heavy (non-hydrogen) atoms. The van der Waals surface area contributed by atoms with E-state index in [0.717, 1.165) is 16.8 Å². The summed E-state index contributed by atoms with van der Waals surface area (Å²) < 4.78 is 12.5.